The minimum atomic E-state index is -1.03. The average molecular weight is 309 g/mol. The van der Waals surface area contributed by atoms with Gasteiger partial charge in [0.2, 0.25) is 0 Å². The highest BCUT2D eigenvalue weighted by atomic mass is 32.2. The van der Waals surface area contributed by atoms with Gasteiger partial charge in [0.25, 0.3) is 5.91 Å². The smallest absolute Gasteiger partial charge is 0.334 e. The molecule has 1 atom stereocenters. The summed E-state index contributed by atoms with van der Waals surface area (Å²) < 4.78 is 5.12. The van der Waals surface area contributed by atoms with E-state index in [1.165, 1.54) is 10.5 Å². The number of thioether (sulfide) groups is 1. The third-order valence-corrected chi connectivity index (χ3v) is 4.25. The SMILES string of the molecule is CCSCc1ccc(C(=O)N2CCOC(C(=O)O)C2)cc1. The number of carboxylic acids is 1. The maximum absolute atomic E-state index is 12.4. The van der Waals surface area contributed by atoms with Crippen molar-refractivity contribution in [2.24, 2.45) is 0 Å². The van der Waals surface area contributed by atoms with E-state index in [1.807, 2.05) is 23.9 Å². The number of carbonyl (C=O) groups excluding carboxylic acids is 1. The zero-order valence-corrected chi connectivity index (χ0v) is 12.8. The maximum Gasteiger partial charge on any atom is 0.334 e. The Morgan fingerprint density at radius 3 is 2.71 bits per heavy atom. The fraction of sp³-hybridized carbons (Fsp3) is 0.467. The summed E-state index contributed by atoms with van der Waals surface area (Å²) >= 11 is 1.83. The zero-order chi connectivity index (χ0) is 15.2. The third kappa shape index (κ3) is 4.22. The highest BCUT2D eigenvalue weighted by molar-refractivity contribution is 7.98. The van der Waals surface area contributed by atoms with Crippen molar-refractivity contribution in [3.8, 4) is 0 Å². The molecule has 1 saturated heterocycles. The lowest BCUT2D eigenvalue weighted by molar-refractivity contribution is -0.154. The van der Waals surface area contributed by atoms with Crippen LogP contribution in [0.5, 0.6) is 0 Å². The van der Waals surface area contributed by atoms with E-state index in [4.69, 9.17) is 9.84 Å². The second-order valence-corrected chi connectivity index (χ2v) is 6.06. The molecule has 1 amide bonds. The Morgan fingerprint density at radius 1 is 1.38 bits per heavy atom. The van der Waals surface area contributed by atoms with E-state index in [9.17, 15) is 9.59 Å². The molecule has 2 rings (SSSR count). The molecule has 0 saturated carbocycles. The normalized spacial score (nSPS) is 18.5. The van der Waals surface area contributed by atoms with E-state index in [-0.39, 0.29) is 19.1 Å². The summed E-state index contributed by atoms with van der Waals surface area (Å²) in [6.45, 7) is 2.89. The fourth-order valence-corrected chi connectivity index (χ4v) is 2.76. The second-order valence-electron chi connectivity index (χ2n) is 4.78. The number of hydrogen-bond donors (Lipinski definition) is 1. The summed E-state index contributed by atoms with van der Waals surface area (Å²) in [5.74, 6) is 0.827. The van der Waals surface area contributed by atoms with E-state index in [1.54, 1.807) is 12.1 Å². The Bertz CT molecular complexity index is 503. The average Bonchev–Trinajstić information content (AvgIpc) is 2.53. The molecule has 0 radical (unpaired) electrons. The van der Waals surface area contributed by atoms with E-state index in [0.29, 0.717) is 12.1 Å². The molecule has 1 aliphatic rings. The molecule has 1 unspecified atom stereocenters. The molecule has 0 aromatic heterocycles. The summed E-state index contributed by atoms with van der Waals surface area (Å²) in [7, 11) is 0. The Balaban J connectivity index is 2.00. The van der Waals surface area contributed by atoms with Crippen molar-refractivity contribution < 1.29 is 19.4 Å². The number of morpholine rings is 1. The quantitative estimate of drug-likeness (QED) is 0.899. The molecule has 1 aromatic rings. The lowest BCUT2D eigenvalue weighted by atomic mass is 10.1. The monoisotopic (exact) mass is 309 g/mol. The largest absolute Gasteiger partial charge is 0.479 e. The number of ether oxygens (including phenoxy) is 1. The van der Waals surface area contributed by atoms with Gasteiger partial charge in [-0.3, -0.25) is 4.79 Å². The van der Waals surface area contributed by atoms with Gasteiger partial charge in [-0.1, -0.05) is 19.1 Å². The van der Waals surface area contributed by atoms with Crippen molar-refractivity contribution >= 4 is 23.6 Å². The van der Waals surface area contributed by atoms with Crippen LogP contribution in [0.4, 0.5) is 0 Å². The standard InChI is InChI=1S/C15H19NO4S/c1-2-21-10-11-3-5-12(6-4-11)14(17)16-7-8-20-13(9-16)15(18)19/h3-6,13H,2,7-10H2,1H3,(H,18,19). The van der Waals surface area contributed by atoms with Crippen LogP contribution in [0.2, 0.25) is 0 Å². The van der Waals surface area contributed by atoms with Crippen LogP contribution >= 0.6 is 11.8 Å². The molecule has 0 spiro atoms. The Hall–Kier alpha value is -1.53. The van der Waals surface area contributed by atoms with Crippen molar-refractivity contribution in [1.29, 1.82) is 0 Å². The van der Waals surface area contributed by atoms with Crippen LogP contribution in [0, 0.1) is 0 Å². The number of benzene rings is 1. The predicted molar refractivity (Wildman–Crippen MR) is 81.6 cm³/mol. The molecule has 1 heterocycles. The number of aliphatic carboxylic acids is 1. The van der Waals surface area contributed by atoms with Gasteiger partial charge in [0.05, 0.1) is 13.2 Å². The number of nitrogens with zero attached hydrogens (tertiary/aromatic N) is 1. The lowest BCUT2D eigenvalue weighted by Gasteiger charge is -2.30. The van der Waals surface area contributed by atoms with Gasteiger partial charge in [0.15, 0.2) is 6.10 Å². The van der Waals surface area contributed by atoms with Gasteiger partial charge >= 0.3 is 5.97 Å². The Labute approximate surface area is 128 Å². The summed E-state index contributed by atoms with van der Waals surface area (Å²) in [5.41, 5.74) is 1.77. The molecule has 1 fully saturated rings. The highest BCUT2D eigenvalue weighted by Gasteiger charge is 2.29. The van der Waals surface area contributed by atoms with Crippen LogP contribution in [0.25, 0.3) is 0 Å². The van der Waals surface area contributed by atoms with E-state index in [2.05, 4.69) is 6.92 Å². The first-order chi connectivity index (χ1) is 10.1. The van der Waals surface area contributed by atoms with E-state index >= 15 is 0 Å². The van der Waals surface area contributed by atoms with Gasteiger partial charge in [-0.2, -0.15) is 11.8 Å². The second kappa shape index (κ2) is 7.47. The van der Waals surface area contributed by atoms with Crippen LogP contribution in [0.15, 0.2) is 24.3 Å². The van der Waals surface area contributed by atoms with Crippen LogP contribution < -0.4 is 0 Å². The molecule has 1 aromatic carbocycles. The van der Waals surface area contributed by atoms with Gasteiger partial charge in [-0.05, 0) is 23.4 Å². The van der Waals surface area contributed by atoms with Gasteiger partial charge in [-0.15, -0.1) is 0 Å². The number of hydrogen-bond acceptors (Lipinski definition) is 4. The Morgan fingerprint density at radius 2 is 2.10 bits per heavy atom. The third-order valence-electron chi connectivity index (χ3n) is 3.30. The number of carboxylic acid groups (broad SMARTS) is 1. The predicted octanol–water partition coefficient (Wildman–Crippen LogP) is 1.87. The first kappa shape index (κ1) is 15.9. The number of carbonyl (C=O) groups is 2. The topological polar surface area (TPSA) is 66.8 Å². The molecule has 0 aliphatic carbocycles. The Kier molecular flexibility index (Phi) is 5.64. The molecular formula is C15H19NO4S. The van der Waals surface area contributed by atoms with Gasteiger partial charge in [0.1, 0.15) is 0 Å². The van der Waals surface area contributed by atoms with Gasteiger partial charge < -0.3 is 14.7 Å². The summed E-state index contributed by atoms with van der Waals surface area (Å²) in [6.07, 6.45) is -0.928. The first-order valence-corrected chi connectivity index (χ1v) is 8.07. The summed E-state index contributed by atoms with van der Waals surface area (Å²) in [5, 5.41) is 8.96. The lowest BCUT2D eigenvalue weighted by Crippen LogP contribution is -2.48. The molecule has 114 valence electrons. The van der Waals surface area contributed by atoms with Crippen molar-refractivity contribution in [3.05, 3.63) is 35.4 Å². The molecule has 1 N–H and O–H groups in total. The van der Waals surface area contributed by atoms with Crippen LogP contribution in [0.1, 0.15) is 22.8 Å². The van der Waals surface area contributed by atoms with Crippen molar-refractivity contribution in [2.75, 3.05) is 25.4 Å². The summed E-state index contributed by atoms with van der Waals surface area (Å²) in [6, 6.07) is 7.51. The molecule has 21 heavy (non-hydrogen) atoms. The number of amides is 1. The molecular weight excluding hydrogens is 290 g/mol. The number of rotatable bonds is 5. The van der Waals surface area contributed by atoms with Crippen LogP contribution in [-0.2, 0) is 15.3 Å². The molecule has 5 nitrogen and oxygen atoms in total. The molecule has 6 heteroatoms. The zero-order valence-electron chi connectivity index (χ0n) is 11.9. The molecule has 0 bridgehead atoms. The van der Waals surface area contributed by atoms with E-state index < -0.39 is 12.1 Å². The highest BCUT2D eigenvalue weighted by Crippen LogP contribution is 2.15. The van der Waals surface area contributed by atoms with E-state index in [0.717, 1.165) is 11.5 Å². The minimum Gasteiger partial charge on any atom is -0.479 e. The van der Waals surface area contributed by atoms with Gasteiger partial charge in [-0.25, -0.2) is 4.79 Å². The molecule has 1 aliphatic heterocycles. The first-order valence-electron chi connectivity index (χ1n) is 6.92. The van der Waals surface area contributed by atoms with Crippen LogP contribution in [-0.4, -0.2) is 53.4 Å². The van der Waals surface area contributed by atoms with Crippen molar-refractivity contribution in [1.82, 2.24) is 4.90 Å². The van der Waals surface area contributed by atoms with Crippen LogP contribution in [0.3, 0.4) is 0 Å². The van der Waals surface area contributed by atoms with Crippen molar-refractivity contribution in [3.63, 3.8) is 0 Å². The van der Waals surface area contributed by atoms with Gasteiger partial charge in [0, 0.05) is 17.9 Å². The minimum absolute atomic E-state index is 0.0988. The van der Waals surface area contributed by atoms with Crippen molar-refractivity contribution in [2.45, 2.75) is 18.8 Å². The summed E-state index contributed by atoms with van der Waals surface area (Å²) in [4.78, 5) is 24.8. The maximum atomic E-state index is 12.4. The fourth-order valence-electron chi connectivity index (χ4n) is 2.13.